The number of hydrogen-bond donors (Lipinski definition) is 2. The van der Waals surface area contributed by atoms with Crippen LogP contribution >= 0.6 is 0 Å². The van der Waals surface area contributed by atoms with Crippen molar-refractivity contribution in [3.05, 3.63) is 84.0 Å². The number of rotatable bonds is 6. The van der Waals surface area contributed by atoms with Gasteiger partial charge in [0.2, 0.25) is 5.82 Å². The number of nitrogens with one attached hydrogen (secondary N) is 2. The molecule has 2 aromatic carbocycles. The Hall–Kier alpha value is -5.06. The number of nitrogens with zero attached hydrogens (tertiary/aromatic N) is 7. The Bertz CT molecular complexity index is 1700. The van der Waals surface area contributed by atoms with Crippen molar-refractivity contribution in [1.82, 2.24) is 40.3 Å². The number of imidazole rings is 1. The second-order valence-electron chi connectivity index (χ2n) is 8.40. The van der Waals surface area contributed by atoms with E-state index in [0.717, 1.165) is 27.7 Å². The standard InChI is InChI=1S/C25H21N9O2/c1-15-3-5-16(6-4-15)12-27-24(35)25-29-23(32-36-25)20-14-26-21-9-10-22(31-34(20)21)33(2)18-7-8-19-17(11-18)13-28-30-19/h3-11,13-14H,12H2,1-2H3,(H,27,35)(H,28,30). The van der Waals surface area contributed by atoms with Gasteiger partial charge in [-0.15, -0.1) is 5.10 Å². The molecule has 178 valence electrons. The average Bonchev–Trinajstić information content (AvgIpc) is 3.66. The van der Waals surface area contributed by atoms with Crippen molar-refractivity contribution in [2.45, 2.75) is 13.5 Å². The van der Waals surface area contributed by atoms with Gasteiger partial charge in [-0.2, -0.15) is 10.1 Å². The van der Waals surface area contributed by atoms with E-state index in [1.807, 2.05) is 73.5 Å². The highest BCUT2D eigenvalue weighted by Gasteiger charge is 2.19. The lowest BCUT2D eigenvalue weighted by Gasteiger charge is -2.18. The number of aryl methyl sites for hydroxylation is 1. The van der Waals surface area contributed by atoms with Crippen LogP contribution in [0.3, 0.4) is 0 Å². The van der Waals surface area contributed by atoms with Crippen molar-refractivity contribution in [2.24, 2.45) is 0 Å². The summed E-state index contributed by atoms with van der Waals surface area (Å²) in [5.74, 6) is 0.319. The summed E-state index contributed by atoms with van der Waals surface area (Å²) in [6.45, 7) is 2.37. The quantitative estimate of drug-likeness (QED) is 0.370. The summed E-state index contributed by atoms with van der Waals surface area (Å²) < 4.78 is 6.85. The molecule has 0 aliphatic carbocycles. The summed E-state index contributed by atoms with van der Waals surface area (Å²) in [4.78, 5) is 23.2. The first-order valence-corrected chi connectivity index (χ1v) is 11.2. The van der Waals surface area contributed by atoms with Crippen molar-refractivity contribution in [3.8, 4) is 11.5 Å². The molecular formula is C25H21N9O2. The van der Waals surface area contributed by atoms with Gasteiger partial charge in [0.1, 0.15) is 5.69 Å². The van der Waals surface area contributed by atoms with Crippen LogP contribution < -0.4 is 10.2 Å². The summed E-state index contributed by atoms with van der Waals surface area (Å²) >= 11 is 0. The van der Waals surface area contributed by atoms with E-state index in [2.05, 4.69) is 30.6 Å². The molecule has 11 nitrogen and oxygen atoms in total. The van der Waals surface area contributed by atoms with Crippen LogP contribution in [0.4, 0.5) is 11.5 Å². The van der Waals surface area contributed by atoms with Gasteiger partial charge in [-0.05, 0) is 42.8 Å². The molecule has 0 radical (unpaired) electrons. The first-order chi connectivity index (χ1) is 17.5. The molecule has 0 aliphatic rings. The number of amides is 1. The molecule has 0 bridgehead atoms. The third-order valence-corrected chi connectivity index (χ3v) is 5.93. The van der Waals surface area contributed by atoms with Crippen molar-refractivity contribution in [3.63, 3.8) is 0 Å². The second kappa shape index (κ2) is 8.62. The highest BCUT2D eigenvalue weighted by molar-refractivity contribution is 5.89. The molecule has 6 aromatic rings. The Morgan fingerprint density at radius 1 is 1.11 bits per heavy atom. The third-order valence-electron chi connectivity index (χ3n) is 5.93. The molecule has 4 aromatic heterocycles. The zero-order valence-electron chi connectivity index (χ0n) is 19.5. The first-order valence-electron chi connectivity index (χ1n) is 11.2. The van der Waals surface area contributed by atoms with Crippen LogP contribution in [0.15, 0.2) is 71.5 Å². The van der Waals surface area contributed by atoms with E-state index in [-0.39, 0.29) is 11.7 Å². The van der Waals surface area contributed by atoms with Crippen LogP contribution in [0.1, 0.15) is 21.8 Å². The highest BCUT2D eigenvalue weighted by atomic mass is 16.5. The maximum atomic E-state index is 12.5. The Morgan fingerprint density at radius 3 is 2.83 bits per heavy atom. The number of hydrogen-bond acceptors (Lipinski definition) is 8. The van der Waals surface area contributed by atoms with Gasteiger partial charge >= 0.3 is 11.8 Å². The molecule has 0 fully saturated rings. The molecular weight excluding hydrogens is 458 g/mol. The molecule has 0 saturated heterocycles. The maximum Gasteiger partial charge on any atom is 0.316 e. The highest BCUT2D eigenvalue weighted by Crippen LogP contribution is 2.26. The summed E-state index contributed by atoms with van der Waals surface area (Å²) in [5.41, 5.74) is 5.16. The Labute approximate surface area is 204 Å². The number of H-pyrrole nitrogens is 1. The fourth-order valence-corrected chi connectivity index (χ4v) is 3.85. The van der Waals surface area contributed by atoms with Gasteiger partial charge in [-0.25, -0.2) is 9.50 Å². The predicted molar refractivity (Wildman–Crippen MR) is 133 cm³/mol. The topological polar surface area (TPSA) is 130 Å². The lowest BCUT2D eigenvalue weighted by atomic mass is 10.1. The minimum absolute atomic E-state index is 0.131. The second-order valence-corrected chi connectivity index (χ2v) is 8.40. The van der Waals surface area contributed by atoms with Gasteiger partial charge in [0.05, 0.1) is 17.9 Å². The SMILES string of the molecule is Cc1ccc(CNC(=O)c2nc(-c3cnc4ccc(N(C)c5ccc6[nH]ncc6c5)nn34)no2)cc1. The van der Waals surface area contributed by atoms with Crippen LogP contribution in [0.5, 0.6) is 0 Å². The number of carbonyl (C=O) groups excluding carboxylic acids is 1. The van der Waals surface area contributed by atoms with Crippen LogP contribution in [0.25, 0.3) is 28.1 Å². The number of aromatic nitrogens is 7. The molecule has 36 heavy (non-hydrogen) atoms. The Kier molecular flexibility index (Phi) is 5.14. The van der Waals surface area contributed by atoms with E-state index in [4.69, 9.17) is 9.62 Å². The number of anilines is 2. The molecule has 11 heteroatoms. The van der Waals surface area contributed by atoms with Crippen molar-refractivity contribution in [1.29, 1.82) is 0 Å². The summed E-state index contributed by atoms with van der Waals surface area (Å²) in [6.07, 6.45) is 3.38. The van der Waals surface area contributed by atoms with E-state index in [1.54, 1.807) is 16.9 Å². The smallest absolute Gasteiger partial charge is 0.316 e. The Balaban J connectivity index is 1.24. The zero-order chi connectivity index (χ0) is 24.6. The van der Waals surface area contributed by atoms with Crippen LogP contribution in [-0.2, 0) is 6.54 Å². The van der Waals surface area contributed by atoms with E-state index >= 15 is 0 Å². The van der Waals surface area contributed by atoms with Gasteiger partial charge < -0.3 is 14.7 Å². The fourth-order valence-electron chi connectivity index (χ4n) is 3.85. The van der Waals surface area contributed by atoms with E-state index < -0.39 is 5.91 Å². The number of benzene rings is 2. The molecule has 0 aliphatic heterocycles. The monoisotopic (exact) mass is 479 g/mol. The van der Waals surface area contributed by atoms with E-state index in [9.17, 15) is 4.79 Å². The van der Waals surface area contributed by atoms with Crippen LogP contribution in [-0.4, -0.2) is 47.9 Å². The molecule has 2 N–H and O–H groups in total. The number of aromatic amines is 1. The van der Waals surface area contributed by atoms with Crippen molar-refractivity contribution in [2.75, 3.05) is 11.9 Å². The molecule has 0 saturated carbocycles. The first kappa shape index (κ1) is 21.5. The summed E-state index contributed by atoms with van der Waals surface area (Å²) in [6, 6.07) is 17.6. The molecule has 1 amide bonds. The average molecular weight is 480 g/mol. The normalized spacial score (nSPS) is 11.3. The Morgan fingerprint density at radius 2 is 1.97 bits per heavy atom. The predicted octanol–water partition coefficient (Wildman–Crippen LogP) is 3.66. The summed E-state index contributed by atoms with van der Waals surface area (Å²) in [7, 11) is 1.93. The lowest BCUT2D eigenvalue weighted by Crippen LogP contribution is -2.23. The fraction of sp³-hybridized carbons (Fsp3) is 0.120. The maximum absolute atomic E-state index is 12.5. The largest absolute Gasteiger partial charge is 0.344 e. The van der Waals surface area contributed by atoms with Gasteiger partial charge in [-0.3, -0.25) is 9.89 Å². The van der Waals surface area contributed by atoms with Gasteiger partial charge in [0.15, 0.2) is 11.5 Å². The van der Waals surface area contributed by atoms with Crippen molar-refractivity contribution < 1.29 is 9.32 Å². The number of carbonyl (C=O) groups is 1. The summed E-state index contributed by atoms with van der Waals surface area (Å²) in [5, 5.41) is 19.5. The molecule has 0 spiro atoms. The van der Waals surface area contributed by atoms with Gasteiger partial charge in [0.25, 0.3) is 0 Å². The van der Waals surface area contributed by atoms with E-state index in [0.29, 0.717) is 23.7 Å². The van der Waals surface area contributed by atoms with Crippen LogP contribution in [0, 0.1) is 6.92 Å². The molecule has 4 heterocycles. The lowest BCUT2D eigenvalue weighted by molar-refractivity contribution is 0.0907. The van der Waals surface area contributed by atoms with Gasteiger partial charge in [-0.1, -0.05) is 35.0 Å². The van der Waals surface area contributed by atoms with Crippen molar-refractivity contribution >= 4 is 34.0 Å². The molecule has 0 atom stereocenters. The zero-order valence-corrected chi connectivity index (χ0v) is 19.5. The minimum Gasteiger partial charge on any atom is -0.344 e. The number of fused-ring (bicyclic) bond motifs is 2. The minimum atomic E-state index is -0.453. The third kappa shape index (κ3) is 3.92. The van der Waals surface area contributed by atoms with Gasteiger partial charge in [0, 0.05) is 24.7 Å². The molecule has 0 unspecified atom stereocenters. The molecule has 6 rings (SSSR count). The van der Waals surface area contributed by atoms with E-state index in [1.165, 1.54) is 0 Å². The van der Waals surface area contributed by atoms with Crippen LogP contribution in [0.2, 0.25) is 0 Å².